The summed E-state index contributed by atoms with van der Waals surface area (Å²) in [5.74, 6) is 0.00661. The lowest BCUT2D eigenvalue weighted by Gasteiger charge is -2.25. The normalized spacial score (nSPS) is 27.2. The Kier molecular flexibility index (Phi) is 6.31. The molecule has 0 spiro atoms. The number of likely N-dealkylation sites (tertiary alicyclic amines) is 1. The minimum atomic E-state index is -3.25. The first-order valence-electron chi connectivity index (χ1n) is 9.59. The van der Waals surface area contributed by atoms with Crippen LogP contribution in [0.5, 0.6) is 0 Å². The molecule has 27 heavy (non-hydrogen) atoms. The number of aromatic nitrogens is 2. The first-order valence-corrected chi connectivity index (χ1v) is 11.4. The summed E-state index contributed by atoms with van der Waals surface area (Å²) in [6.45, 7) is 5.59. The number of nitrogens with one attached hydrogen (secondary N) is 1. The van der Waals surface area contributed by atoms with Gasteiger partial charge in [-0.3, -0.25) is 4.79 Å². The van der Waals surface area contributed by atoms with Gasteiger partial charge in [0.15, 0.2) is 9.84 Å². The molecule has 1 aromatic rings. The molecule has 150 valence electrons. The Balaban J connectivity index is 1.63. The number of carbonyl (C=O) groups excluding carboxylic acids is 1. The van der Waals surface area contributed by atoms with Crippen molar-refractivity contribution in [1.29, 1.82) is 0 Å². The van der Waals surface area contributed by atoms with Crippen LogP contribution in [0.3, 0.4) is 0 Å². The van der Waals surface area contributed by atoms with E-state index in [1.165, 1.54) is 0 Å². The molecule has 0 saturated carbocycles. The summed E-state index contributed by atoms with van der Waals surface area (Å²) in [4.78, 5) is 25.4. The van der Waals surface area contributed by atoms with Crippen LogP contribution in [-0.4, -0.2) is 84.9 Å². The molecular formula is C18H29N5O3S. The van der Waals surface area contributed by atoms with E-state index in [1.807, 2.05) is 4.90 Å². The molecule has 9 heteroatoms. The summed E-state index contributed by atoms with van der Waals surface area (Å²) in [7, 11) is -1.14. The molecule has 0 aliphatic carbocycles. The third-order valence-electron chi connectivity index (χ3n) is 5.32. The number of hydrogen-bond acceptors (Lipinski definition) is 7. The SMILES string of the molecule is CCCN(C)CC1CCN(C(=O)[C@@H]2CS(=O)(=O)C[C@H]2Nc2ncccn2)C1. The molecule has 2 fully saturated rings. The van der Waals surface area contributed by atoms with Gasteiger partial charge in [-0.1, -0.05) is 6.92 Å². The second kappa shape index (κ2) is 8.52. The molecule has 2 saturated heterocycles. The van der Waals surface area contributed by atoms with Crippen molar-refractivity contribution < 1.29 is 13.2 Å². The molecule has 1 amide bonds. The third kappa shape index (κ3) is 5.16. The third-order valence-corrected chi connectivity index (χ3v) is 7.06. The fourth-order valence-corrected chi connectivity index (χ4v) is 6.02. The van der Waals surface area contributed by atoms with E-state index in [0.29, 0.717) is 25.0 Å². The summed E-state index contributed by atoms with van der Waals surface area (Å²) in [5, 5.41) is 3.05. The molecule has 0 bridgehead atoms. The van der Waals surface area contributed by atoms with Gasteiger partial charge in [-0.25, -0.2) is 18.4 Å². The number of sulfone groups is 1. The Labute approximate surface area is 161 Å². The summed E-state index contributed by atoms with van der Waals surface area (Å²) >= 11 is 0. The lowest BCUT2D eigenvalue weighted by molar-refractivity contribution is -0.134. The molecule has 2 aliphatic heterocycles. The monoisotopic (exact) mass is 395 g/mol. The number of hydrogen-bond donors (Lipinski definition) is 1. The summed E-state index contributed by atoms with van der Waals surface area (Å²) in [6, 6.07) is 1.21. The van der Waals surface area contributed by atoms with E-state index in [0.717, 1.165) is 25.9 Å². The maximum absolute atomic E-state index is 13.1. The highest BCUT2D eigenvalue weighted by Crippen LogP contribution is 2.27. The van der Waals surface area contributed by atoms with E-state index in [2.05, 4.69) is 34.2 Å². The maximum atomic E-state index is 13.1. The summed E-state index contributed by atoms with van der Waals surface area (Å²) in [6.07, 6.45) is 5.26. The van der Waals surface area contributed by atoms with Gasteiger partial charge in [0.2, 0.25) is 11.9 Å². The Bertz CT molecular complexity index is 743. The van der Waals surface area contributed by atoms with Gasteiger partial charge in [-0.15, -0.1) is 0 Å². The van der Waals surface area contributed by atoms with Crippen molar-refractivity contribution in [3.63, 3.8) is 0 Å². The molecule has 3 atom stereocenters. The average molecular weight is 396 g/mol. The molecule has 3 rings (SSSR count). The van der Waals surface area contributed by atoms with Crippen molar-refractivity contribution in [2.24, 2.45) is 11.8 Å². The number of carbonyl (C=O) groups is 1. The zero-order chi connectivity index (χ0) is 19.4. The standard InChI is InChI=1S/C18H29N5O3S/c1-3-8-22(2)10-14-5-9-23(11-14)17(24)15-12-27(25,26)13-16(15)21-18-19-6-4-7-20-18/h4,6-7,14-16H,3,5,8-13H2,1-2H3,(H,19,20,21)/t14?,15-,16-/m1/s1. The molecule has 3 heterocycles. The van der Waals surface area contributed by atoms with Crippen molar-refractivity contribution >= 4 is 21.7 Å². The Morgan fingerprint density at radius 1 is 1.33 bits per heavy atom. The van der Waals surface area contributed by atoms with Crippen molar-refractivity contribution in [3.8, 4) is 0 Å². The van der Waals surface area contributed by atoms with E-state index in [9.17, 15) is 13.2 Å². The van der Waals surface area contributed by atoms with Crippen LogP contribution in [0.2, 0.25) is 0 Å². The van der Waals surface area contributed by atoms with Gasteiger partial charge < -0.3 is 15.1 Å². The van der Waals surface area contributed by atoms with Crippen LogP contribution < -0.4 is 5.32 Å². The molecule has 2 aliphatic rings. The van der Waals surface area contributed by atoms with E-state index in [4.69, 9.17) is 0 Å². The topological polar surface area (TPSA) is 95.5 Å². The minimum absolute atomic E-state index is 0.0574. The number of rotatable bonds is 7. The molecule has 0 radical (unpaired) electrons. The molecule has 0 aromatic carbocycles. The number of amides is 1. The van der Waals surface area contributed by atoms with Crippen molar-refractivity contribution in [2.75, 3.05) is 50.0 Å². The van der Waals surface area contributed by atoms with Crippen LogP contribution >= 0.6 is 0 Å². The summed E-state index contributed by atoms with van der Waals surface area (Å²) < 4.78 is 24.4. The molecular weight excluding hydrogens is 366 g/mol. The maximum Gasteiger partial charge on any atom is 0.228 e. The van der Waals surface area contributed by atoms with Gasteiger partial charge in [0.1, 0.15) is 0 Å². The lowest BCUT2D eigenvalue weighted by atomic mass is 10.0. The fraction of sp³-hybridized carbons (Fsp3) is 0.722. The Morgan fingerprint density at radius 3 is 2.78 bits per heavy atom. The van der Waals surface area contributed by atoms with Crippen molar-refractivity contribution in [2.45, 2.75) is 25.8 Å². The first-order chi connectivity index (χ1) is 12.9. The second-order valence-corrected chi connectivity index (χ2v) is 9.86. The van der Waals surface area contributed by atoms with E-state index in [-0.39, 0.29) is 17.4 Å². The van der Waals surface area contributed by atoms with E-state index >= 15 is 0 Å². The number of anilines is 1. The van der Waals surface area contributed by atoms with Crippen LogP contribution in [0.4, 0.5) is 5.95 Å². The van der Waals surface area contributed by atoms with Crippen molar-refractivity contribution in [3.05, 3.63) is 18.5 Å². The number of nitrogens with zero attached hydrogens (tertiary/aromatic N) is 4. The largest absolute Gasteiger partial charge is 0.350 e. The fourth-order valence-electron chi connectivity index (χ4n) is 4.10. The van der Waals surface area contributed by atoms with Gasteiger partial charge in [-0.05, 0) is 38.4 Å². The smallest absolute Gasteiger partial charge is 0.228 e. The highest BCUT2D eigenvalue weighted by atomic mass is 32.2. The van der Waals surface area contributed by atoms with Crippen molar-refractivity contribution in [1.82, 2.24) is 19.8 Å². The van der Waals surface area contributed by atoms with Gasteiger partial charge in [0.05, 0.1) is 23.5 Å². The van der Waals surface area contributed by atoms with Crippen LogP contribution in [0.1, 0.15) is 19.8 Å². The van der Waals surface area contributed by atoms with Gasteiger partial charge in [0.25, 0.3) is 0 Å². The van der Waals surface area contributed by atoms with Crippen LogP contribution in [-0.2, 0) is 14.6 Å². The Hall–Kier alpha value is -1.74. The highest BCUT2D eigenvalue weighted by molar-refractivity contribution is 7.91. The zero-order valence-corrected chi connectivity index (χ0v) is 16.9. The average Bonchev–Trinajstić information content (AvgIpc) is 3.19. The Morgan fingerprint density at radius 2 is 2.07 bits per heavy atom. The first kappa shape index (κ1) is 20.0. The molecule has 1 N–H and O–H groups in total. The quantitative estimate of drug-likeness (QED) is 0.718. The predicted octanol–water partition coefficient (Wildman–Crippen LogP) is 0.492. The predicted molar refractivity (Wildman–Crippen MR) is 104 cm³/mol. The van der Waals surface area contributed by atoms with Gasteiger partial charge in [0, 0.05) is 32.0 Å². The van der Waals surface area contributed by atoms with Crippen LogP contribution in [0.25, 0.3) is 0 Å². The minimum Gasteiger partial charge on any atom is -0.350 e. The molecule has 8 nitrogen and oxygen atoms in total. The van der Waals surface area contributed by atoms with Crippen LogP contribution in [0, 0.1) is 11.8 Å². The van der Waals surface area contributed by atoms with E-state index < -0.39 is 21.8 Å². The summed E-state index contributed by atoms with van der Waals surface area (Å²) in [5.41, 5.74) is 0. The molecule has 1 unspecified atom stereocenters. The van der Waals surface area contributed by atoms with Gasteiger partial charge in [-0.2, -0.15) is 0 Å². The lowest BCUT2D eigenvalue weighted by Crippen LogP contribution is -2.42. The second-order valence-electron chi connectivity index (χ2n) is 7.71. The van der Waals surface area contributed by atoms with E-state index in [1.54, 1.807) is 18.5 Å². The van der Waals surface area contributed by atoms with Gasteiger partial charge >= 0.3 is 0 Å². The van der Waals surface area contributed by atoms with Crippen LogP contribution in [0.15, 0.2) is 18.5 Å². The highest BCUT2D eigenvalue weighted by Gasteiger charge is 2.45. The zero-order valence-electron chi connectivity index (χ0n) is 16.0. The molecule has 1 aromatic heterocycles.